The molecule has 2 amide bonds. The van der Waals surface area contributed by atoms with Crippen molar-refractivity contribution in [3.05, 3.63) is 12.2 Å². The Balaban J connectivity index is 1.24. The van der Waals surface area contributed by atoms with E-state index in [2.05, 4.69) is 37.3 Å². The van der Waals surface area contributed by atoms with Crippen LogP contribution in [0, 0.1) is 58.2 Å². The molecule has 0 aromatic heterocycles. The molecule has 0 aromatic rings. The van der Waals surface area contributed by atoms with Crippen molar-refractivity contribution in [1.29, 1.82) is 0 Å². The fourth-order valence-corrected chi connectivity index (χ4v) is 10.1. The van der Waals surface area contributed by atoms with Crippen LogP contribution in [0.2, 0.25) is 0 Å². The minimum absolute atomic E-state index is 0.0721. The van der Waals surface area contributed by atoms with Gasteiger partial charge in [-0.2, -0.15) is 0 Å². The van der Waals surface area contributed by atoms with Crippen LogP contribution < -0.4 is 10.6 Å². The second-order valence-electron chi connectivity index (χ2n) is 15.1. The third kappa shape index (κ3) is 6.50. The molecule has 4 saturated carbocycles. The fraction of sp³-hybridized carbons (Fsp3) is 0.833. The smallest absolute Gasteiger partial charge is 0.245 e. The van der Waals surface area contributed by atoms with Crippen molar-refractivity contribution in [2.75, 3.05) is 0 Å². The van der Waals surface area contributed by atoms with Gasteiger partial charge in [0, 0.05) is 11.8 Å². The van der Waals surface area contributed by atoms with Crippen molar-refractivity contribution < 1.29 is 9.59 Å². The van der Waals surface area contributed by atoms with Crippen LogP contribution in [0.5, 0.6) is 0 Å². The minimum Gasteiger partial charge on any atom is -0.335 e. The van der Waals surface area contributed by atoms with E-state index in [1.807, 2.05) is 19.9 Å². The number of carbonyl (C=O) groups excluding carboxylic acids is 2. The molecule has 4 aliphatic carbocycles. The first kappa shape index (κ1) is 31.2. The van der Waals surface area contributed by atoms with Gasteiger partial charge in [-0.15, -0.1) is 12.3 Å². The standard InChI is InChI=1S/C36H58N2O2/c1-7-14-31(38-33(40)34(3,4)23-8-2)37-32(39)17-11-9-10-15-27-19-21-29-28-20-18-26-16-12-13-24-35(26,5)30(28)22-25-36(27,29)6/h1,11,17,26-31H,8-10,12-16,18-25H2,2-6H3,(H,37,39)(H,38,40)/b17-11+/t26?,27?,28?,29?,30?,31?,35-,36?/m1/s1. The van der Waals surface area contributed by atoms with Gasteiger partial charge in [0.25, 0.3) is 0 Å². The van der Waals surface area contributed by atoms with E-state index < -0.39 is 11.6 Å². The van der Waals surface area contributed by atoms with E-state index in [0.717, 1.165) is 55.3 Å². The Hall–Kier alpha value is -1.76. The maximum atomic E-state index is 12.7. The second kappa shape index (κ2) is 13.0. The molecule has 0 bridgehead atoms. The van der Waals surface area contributed by atoms with E-state index in [0.29, 0.717) is 10.8 Å². The summed E-state index contributed by atoms with van der Waals surface area (Å²) in [5, 5.41) is 5.82. The van der Waals surface area contributed by atoms with Crippen molar-refractivity contribution in [3.8, 4) is 12.3 Å². The predicted molar refractivity (Wildman–Crippen MR) is 165 cm³/mol. The van der Waals surface area contributed by atoms with Crippen molar-refractivity contribution in [2.24, 2.45) is 45.8 Å². The molecule has 40 heavy (non-hydrogen) atoms. The number of rotatable bonds is 11. The zero-order chi connectivity index (χ0) is 29.0. The zero-order valence-corrected chi connectivity index (χ0v) is 26.3. The number of fused-ring (bicyclic) bond motifs is 5. The van der Waals surface area contributed by atoms with Gasteiger partial charge in [-0.1, -0.05) is 60.0 Å². The highest BCUT2D eigenvalue weighted by molar-refractivity contribution is 5.88. The van der Waals surface area contributed by atoms with Gasteiger partial charge in [-0.3, -0.25) is 9.59 Å². The van der Waals surface area contributed by atoms with Crippen LogP contribution in [0.4, 0.5) is 0 Å². The molecule has 0 radical (unpaired) electrons. The molecule has 4 heteroatoms. The van der Waals surface area contributed by atoms with Crippen molar-refractivity contribution in [3.63, 3.8) is 0 Å². The highest BCUT2D eigenvalue weighted by atomic mass is 16.2. The minimum atomic E-state index is -0.540. The van der Waals surface area contributed by atoms with E-state index in [9.17, 15) is 9.59 Å². The summed E-state index contributed by atoms with van der Waals surface area (Å²) in [7, 11) is 0. The summed E-state index contributed by atoms with van der Waals surface area (Å²) in [6.45, 7) is 11.3. The van der Waals surface area contributed by atoms with Gasteiger partial charge in [0.1, 0.15) is 6.17 Å². The molecule has 4 aliphatic rings. The van der Waals surface area contributed by atoms with Gasteiger partial charge in [0.05, 0.1) is 0 Å². The number of nitrogens with one attached hydrogen (secondary N) is 2. The first-order chi connectivity index (χ1) is 19.0. The van der Waals surface area contributed by atoms with Crippen LogP contribution in [0.3, 0.4) is 0 Å². The van der Waals surface area contributed by atoms with Crippen molar-refractivity contribution in [1.82, 2.24) is 10.6 Å². The van der Waals surface area contributed by atoms with Crippen LogP contribution >= 0.6 is 0 Å². The lowest BCUT2D eigenvalue weighted by Gasteiger charge is -2.60. The molecule has 224 valence electrons. The normalized spacial score (nSPS) is 36.1. The molecule has 0 aliphatic heterocycles. The maximum Gasteiger partial charge on any atom is 0.245 e. The predicted octanol–water partition coefficient (Wildman–Crippen LogP) is 8.17. The Morgan fingerprint density at radius 1 is 1.00 bits per heavy atom. The lowest BCUT2D eigenvalue weighted by atomic mass is 9.45. The van der Waals surface area contributed by atoms with Gasteiger partial charge < -0.3 is 10.6 Å². The third-order valence-corrected chi connectivity index (χ3v) is 12.4. The van der Waals surface area contributed by atoms with E-state index in [-0.39, 0.29) is 18.2 Å². The zero-order valence-electron chi connectivity index (χ0n) is 26.3. The number of carbonyl (C=O) groups is 2. The number of amides is 2. The number of hydrogen-bond acceptors (Lipinski definition) is 2. The Bertz CT molecular complexity index is 962. The van der Waals surface area contributed by atoms with E-state index in [4.69, 9.17) is 6.42 Å². The SMILES string of the molecule is C#CCC(NC(=O)/C=C/CCCC1CCC2C3CCC4CCCC[C@@]4(C)C3CCC12C)NC(=O)C(C)(C)CCC. The summed E-state index contributed by atoms with van der Waals surface area (Å²) >= 11 is 0. The van der Waals surface area contributed by atoms with E-state index in [1.54, 1.807) is 6.08 Å². The number of unbranched alkanes of at least 4 members (excludes halogenated alkanes) is 1. The van der Waals surface area contributed by atoms with Crippen molar-refractivity contribution in [2.45, 2.75) is 144 Å². The summed E-state index contributed by atoms with van der Waals surface area (Å²) in [6.07, 6.45) is 28.6. The molecule has 4 nitrogen and oxygen atoms in total. The second-order valence-corrected chi connectivity index (χ2v) is 15.1. The molecule has 7 unspecified atom stereocenters. The summed E-state index contributed by atoms with van der Waals surface area (Å²) in [5.41, 5.74) is 0.663. The highest BCUT2D eigenvalue weighted by Crippen LogP contribution is 2.67. The molecule has 0 spiro atoms. The molecule has 4 fully saturated rings. The molecule has 2 N–H and O–H groups in total. The highest BCUT2D eigenvalue weighted by Gasteiger charge is 2.59. The van der Waals surface area contributed by atoms with Gasteiger partial charge in [-0.05, 0) is 124 Å². The lowest BCUT2D eigenvalue weighted by molar-refractivity contribution is -0.131. The Morgan fingerprint density at radius 3 is 2.52 bits per heavy atom. The summed E-state index contributed by atoms with van der Waals surface area (Å²) in [4.78, 5) is 25.3. The van der Waals surface area contributed by atoms with Crippen LogP contribution in [-0.4, -0.2) is 18.0 Å². The summed E-state index contributed by atoms with van der Waals surface area (Å²) < 4.78 is 0. The summed E-state index contributed by atoms with van der Waals surface area (Å²) in [6, 6.07) is 0. The first-order valence-corrected chi connectivity index (χ1v) is 16.8. The largest absolute Gasteiger partial charge is 0.335 e. The van der Waals surface area contributed by atoms with Gasteiger partial charge in [0.15, 0.2) is 0 Å². The summed E-state index contributed by atoms with van der Waals surface area (Å²) in [5.74, 6) is 7.03. The maximum absolute atomic E-state index is 12.7. The average Bonchev–Trinajstić information content (AvgIpc) is 3.24. The topological polar surface area (TPSA) is 58.2 Å². The van der Waals surface area contributed by atoms with E-state index in [1.165, 1.54) is 70.6 Å². The van der Waals surface area contributed by atoms with E-state index >= 15 is 0 Å². The van der Waals surface area contributed by atoms with Gasteiger partial charge >= 0.3 is 0 Å². The quantitative estimate of drug-likeness (QED) is 0.118. The van der Waals surface area contributed by atoms with Crippen LogP contribution in [-0.2, 0) is 9.59 Å². The Kier molecular flexibility index (Phi) is 10.2. The number of hydrogen-bond donors (Lipinski definition) is 2. The van der Waals surface area contributed by atoms with Crippen molar-refractivity contribution >= 4 is 11.8 Å². The first-order valence-electron chi connectivity index (χ1n) is 16.8. The lowest BCUT2D eigenvalue weighted by Crippen LogP contribution is -2.52. The molecule has 0 heterocycles. The molecular formula is C36H58N2O2. The molecule has 0 aromatic carbocycles. The molecule has 4 rings (SSSR count). The van der Waals surface area contributed by atoms with Crippen LogP contribution in [0.1, 0.15) is 137 Å². The van der Waals surface area contributed by atoms with Gasteiger partial charge in [-0.25, -0.2) is 0 Å². The third-order valence-electron chi connectivity index (χ3n) is 12.4. The van der Waals surface area contributed by atoms with Crippen LogP contribution in [0.15, 0.2) is 12.2 Å². The number of terminal acetylenes is 1. The Labute approximate surface area is 245 Å². The molecule has 8 atom stereocenters. The Morgan fingerprint density at radius 2 is 1.77 bits per heavy atom. The van der Waals surface area contributed by atoms with Crippen LogP contribution in [0.25, 0.3) is 0 Å². The average molecular weight is 551 g/mol. The molecule has 0 saturated heterocycles. The fourth-order valence-electron chi connectivity index (χ4n) is 10.1. The molecular weight excluding hydrogens is 492 g/mol. The van der Waals surface area contributed by atoms with Gasteiger partial charge in [0.2, 0.25) is 11.8 Å². The number of allylic oxidation sites excluding steroid dienone is 1. The monoisotopic (exact) mass is 550 g/mol.